The number of carbonyl (C=O) groups excluding carboxylic acids is 1. The van der Waals surface area contributed by atoms with E-state index < -0.39 is 12.0 Å². The van der Waals surface area contributed by atoms with Gasteiger partial charge in [0.2, 0.25) is 6.10 Å². The maximum atomic E-state index is 12.9. The standard InChI is InChI=1S/C19H21FN2O4/c1-4-25-17-10-5-14(11-18(17)24-3)12-21-26-13(2)19(23)22-16-8-6-15(20)7-9-16/h5-13H,4H2,1-3H3,(H,22,23)/b21-12-/t13-/m1/s1. The summed E-state index contributed by atoms with van der Waals surface area (Å²) in [5, 5.41) is 6.44. The highest BCUT2D eigenvalue weighted by Crippen LogP contribution is 2.27. The molecule has 0 aromatic heterocycles. The molecule has 1 amide bonds. The average Bonchev–Trinajstić information content (AvgIpc) is 2.64. The first kappa shape index (κ1) is 19.2. The molecule has 0 spiro atoms. The Morgan fingerprint density at radius 3 is 2.62 bits per heavy atom. The Bertz CT molecular complexity index is 763. The van der Waals surface area contributed by atoms with Crippen LogP contribution >= 0.6 is 0 Å². The Morgan fingerprint density at radius 1 is 1.23 bits per heavy atom. The number of nitrogens with zero attached hydrogens (tertiary/aromatic N) is 1. The van der Waals surface area contributed by atoms with Gasteiger partial charge >= 0.3 is 0 Å². The van der Waals surface area contributed by atoms with E-state index in [1.54, 1.807) is 32.2 Å². The van der Waals surface area contributed by atoms with Crippen LogP contribution in [0.5, 0.6) is 11.5 Å². The molecule has 138 valence electrons. The van der Waals surface area contributed by atoms with Crippen LogP contribution in [-0.2, 0) is 9.63 Å². The van der Waals surface area contributed by atoms with Crippen LogP contribution in [-0.4, -0.2) is 31.9 Å². The van der Waals surface area contributed by atoms with Gasteiger partial charge in [-0.05, 0) is 56.3 Å². The van der Waals surface area contributed by atoms with Crippen LogP contribution < -0.4 is 14.8 Å². The lowest BCUT2D eigenvalue weighted by atomic mass is 10.2. The van der Waals surface area contributed by atoms with Crippen molar-refractivity contribution in [2.75, 3.05) is 19.0 Å². The molecule has 1 atom stereocenters. The number of oxime groups is 1. The zero-order chi connectivity index (χ0) is 18.9. The van der Waals surface area contributed by atoms with Gasteiger partial charge in [0.1, 0.15) is 5.82 Å². The Labute approximate surface area is 151 Å². The van der Waals surface area contributed by atoms with E-state index in [0.29, 0.717) is 23.8 Å². The number of methoxy groups -OCH3 is 1. The van der Waals surface area contributed by atoms with E-state index in [1.807, 2.05) is 6.92 Å². The summed E-state index contributed by atoms with van der Waals surface area (Å²) in [4.78, 5) is 17.2. The number of benzene rings is 2. The Kier molecular flexibility index (Phi) is 6.96. The molecule has 0 fully saturated rings. The molecule has 0 saturated carbocycles. The summed E-state index contributed by atoms with van der Waals surface area (Å²) >= 11 is 0. The van der Waals surface area contributed by atoms with E-state index in [-0.39, 0.29) is 5.82 Å². The molecule has 0 saturated heterocycles. The van der Waals surface area contributed by atoms with E-state index in [1.165, 1.54) is 30.5 Å². The molecule has 26 heavy (non-hydrogen) atoms. The second-order valence-corrected chi connectivity index (χ2v) is 5.32. The minimum Gasteiger partial charge on any atom is -0.493 e. The average molecular weight is 360 g/mol. The molecule has 2 rings (SSSR count). The lowest BCUT2D eigenvalue weighted by molar-refractivity contribution is -0.126. The fraction of sp³-hybridized carbons (Fsp3) is 0.263. The predicted molar refractivity (Wildman–Crippen MR) is 97.3 cm³/mol. The van der Waals surface area contributed by atoms with E-state index in [0.717, 1.165) is 5.56 Å². The zero-order valence-electron chi connectivity index (χ0n) is 14.9. The van der Waals surface area contributed by atoms with Gasteiger partial charge in [-0.1, -0.05) is 5.16 Å². The van der Waals surface area contributed by atoms with E-state index in [9.17, 15) is 9.18 Å². The second-order valence-electron chi connectivity index (χ2n) is 5.32. The van der Waals surface area contributed by atoms with Crippen molar-refractivity contribution in [2.24, 2.45) is 5.16 Å². The summed E-state index contributed by atoms with van der Waals surface area (Å²) in [6.07, 6.45) is 0.654. The highest BCUT2D eigenvalue weighted by molar-refractivity contribution is 5.93. The quantitative estimate of drug-likeness (QED) is 0.577. The van der Waals surface area contributed by atoms with E-state index in [2.05, 4.69) is 10.5 Å². The van der Waals surface area contributed by atoms with Gasteiger partial charge in [-0.25, -0.2) is 4.39 Å². The van der Waals surface area contributed by atoms with Crippen LogP contribution in [0.1, 0.15) is 19.4 Å². The predicted octanol–water partition coefficient (Wildman–Crippen LogP) is 3.61. The SMILES string of the molecule is CCOc1ccc(/C=N\O[C@H](C)C(=O)Nc2ccc(F)cc2)cc1OC. The first-order valence-electron chi connectivity index (χ1n) is 8.10. The lowest BCUT2D eigenvalue weighted by Crippen LogP contribution is -2.26. The van der Waals surface area contributed by atoms with Crippen molar-refractivity contribution in [3.05, 3.63) is 53.8 Å². The fourth-order valence-corrected chi connectivity index (χ4v) is 2.05. The fourth-order valence-electron chi connectivity index (χ4n) is 2.05. The third kappa shape index (κ3) is 5.47. The van der Waals surface area contributed by atoms with Gasteiger partial charge in [0.25, 0.3) is 5.91 Å². The number of hydrogen-bond donors (Lipinski definition) is 1. The Hall–Kier alpha value is -3.09. The van der Waals surface area contributed by atoms with Gasteiger partial charge in [0, 0.05) is 11.3 Å². The molecule has 2 aromatic rings. The number of amides is 1. The Balaban J connectivity index is 1.92. The maximum absolute atomic E-state index is 12.9. The van der Waals surface area contributed by atoms with Gasteiger partial charge in [0.15, 0.2) is 11.5 Å². The first-order chi connectivity index (χ1) is 12.5. The number of ether oxygens (including phenoxy) is 2. The second kappa shape index (κ2) is 9.41. The van der Waals surface area contributed by atoms with E-state index in [4.69, 9.17) is 14.3 Å². The number of anilines is 1. The third-order valence-corrected chi connectivity index (χ3v) is 3.39. The van der Waals surface area contributed by atoms with Crippen LogP contribution in [0.2, 0.25) is 0 Å². The number of hydrogen-bond acceptors (Lipinski definition) is 5. The summed E-state index contributed by atoms with van der Waals surface area (Å²) in [7, 11) is 1.55. The first-order valence-corrected chi connectivity index (χ1v) is 8.10. The van der Waals surface area contributed by atoms with Gasteiger partial charge in [-0.3, -0.25) is 4.79 Å². The number of rotatable bonds is 8. The van der Waals surface area contributed by atoms with Crippen LogP contribution in [0.25, 0.3) is 0 Å². The highest BCUT2D eigenvalue weighted by Gasteiger charge is 2.14. The summed E-state index contributed by atoms with van der Waals surface area (Å²) < 4.78 is 23.6. The molecular formula is C19H21FN2O4. The van der Waals surface area contributed by atoms with Gasteiger partial charge in [-0.2, -0.15) is 0 Å². The maximum Gasteiger partial charge on any atom is 0.267 e. The van der Waals surface area contributed by atoms with Crippen LogP contribution in [0.15, 0.2) is 47.6 Å². The van der Waals surface area contributed by atoms with Crippen LogP contribution in [0.3, 0.4) is 0 Å². The molecule has 0 aliphatic heterocycles. The van der Waals surface area contributed by atoms with Crippen molar-refractivity contribution in [2.45, 2.75) is 20.0 Å². The van der Waals surface area contributed by atoms with Crippen LogP contribution in [0, 0.1) is 5.82 Å². The van der Waals surface area contributed by atoms with Gasteiger partial charge in [-0.15, -0.1) is 0 Å². The molecule has 2 aromatic carbocycles. The molecular weight excluding hydrogens is 339 g/mol. The van der Waals surface area contributed by atoms with Crippen LogP contribution in [0.4, 0.5) is 10.1 Å². The number of carbonyl (C=O) groups is 1. The van der Waals surface area contributed by atoms with Crippen molar-refractivity contribution >= 4 is 17.8 Å². The smallest absolute Gasteiger partial charge is 0.267 e. The number of halogens is 1. The monoisotopic (exact) mass is 360 g/mol. The zero-order valence-corrected chi connectivity index (χ0v) is 14.9. The van der Waals surface area contributed by atoms with Crippen molar-refractivity contribution in [1.82, 2.24) is 0 Å². The topological polar surface area (TPSA) is 69.2 Å². The molecule has 1 N–H and O–H groups in total. The van der Waals surface area contributed by atoms with Crippen molar-refractivity contribution in [1.29, 1.82) is 0 Å². The molecule has 0 bridgehead atoms. The van der Waals surface area contributed by atoms with E-state index >= 15 is 0 Å². The summed E-state index contributed by atoms with van der Waals surface area (Å²) in [6, 6.07) is 10.8. The van der Waals surface area contributed by atoms with Crippen molar-refractivity contribution < 1.29 is 23.5 Å². The highest BCUT2D eigenvalue weighted by atomic mass is 19.1. The molecule has 7 heteroatoms. The molecule has 0 radical (unpaired) electrons. The molecule has 0 aliphatic rings. The van der Waals surface area contributed by atoms with Gasteiger partial charge < -0.3 is 19.6 Å². The summed E-state index contributed by atoms with van der Waals surface area (Å²) in [6.45, 7) is 3.99. The number of nitrogens with one attached hydrogen (secondary N) is 1. The lowest BCUT2D eigenvalue weighted by Gasteiger charge is -2.11. The minimum atomic E-state index is -0.819. The van der Waals surface area contributed by atoms with Crippen molar-refractivity contribution in [3.8, 4) is 11.5 Å². The molecule has 6 nitrogen and oxygen atoms in total. The third-order valence-electron chi connectivity index (χ3n) is 3.39. The Morgan fingerprint density at radius 2 is 1.96 bits per heavy atom. The summed E-state index contributed by atoms with van der Waals surface area (Å²) in [5.74, 6) is 0.457. The summed E-state index contributed by atoms with van der Waals surface area (Å²) in [5.41, 5.74) is 1.21. The molecule has 0 unspecified atom stereocenters. The largest absolute Gasteiger partial charge is 0.493 e. The van der Waals surface area contributed by atoms with Gasteiger partial charge in [0.05, 0.1) is 19.9 Å². The van der Waals surface area contributed by atoms with Crippen molar-refractivity contribution in [3.63, 3.8) is 0 Å². The molecule has 0 aliphatic carbocycles. The normalized spacial score (nSPS) is 11.8. The molecule has 0 heterocycles. The minimum absolute atomic E-state index is 0.373.